The highest BCUT2D eigenvalue weighted by Crippen LogP contribution is 2.20. The summed E-state index contributed by atoms with van der Waals surface area (Å²) in [6.07, 6.45) is 1.49. The molecule has 1 N–H and O–H groups in total. The number of hydrogen-bond acceptors (Lipinski definition) is 8. The molecule has 21 heavy (non-hydrogen) atoms. The molecule has 0 bridgehead atoms. The van der Waals surface area contributed by atoms with E-state index in [0.29, 0.717) is 21.6 Å². The Morgan fingerprint density at radius 1 is 1.52 bits per heavy atom. The predicted octanol–water partition coefficient (Wildman–Crippen LogP) is 1.66. The quantitative estimate of drug-likeness (QED) is 0.762. The maximum atomic E-state index is 11.9. The number of hydrogen-bond donors (Lipinski definition) is 1. The van der Waals surface area contributed by atoms with Crippen LogP contribution in [0.2, 0.25) is 0 Å². The third-order valence-corrected chi connectivity index (χ3v) is 4.58. The van der Waals surface area contributed by atoms with Crippen molar-refractivity contribution in [3.05, 3.63) is 23.3 Å². The van der Waals surface area contributed by atoms with Crippen LogP contribution in [0.3, 0.4) is 0 Å². The molecule has 0 spiro atoms. The SMILES string of the molecule is Cc1noc(C)c1CSCC(=O)Nc1nn2cnnc2s1. The summed E-state index contributed by atoms with van der Waals surface area (Å²) < 4.78 is 6.61. The molecule has 0 aliphatic rings. The van der Waals surface area contributed by atoms with Gasteiger partial charge in [-0.25, -0.2) is 0 Å². The summed E-state index contributed by atoms with van der Waals surface area (Å²) >= 11 is 2.79. The van der Waals surface area contributed by atoms with Gasteiger partial charge in [0.05, 0.1) is 11.4 Å². The first-order valence-electron chi connectivity index (χ1n) is 6.09. The average Bonchev–Trinajstić information content (AvgIpc) is 3.08. The molecule has 110 valence electrons. The van der Waals surface area contributed by atoms with E-state index < -0.39 is 0 Å². The number of carbonyl (C=O) groups is 1. The second kappa shape index (κ2) is 5.82. The van der Waals surface area contributed by atoms with Crippen molar-refractivity contribution in [1.29, 1.82) is 0 Å². The van der Waals surface area contributed by atoms with Crippen molar-refractivity contribution in [3.8, 4) is 0 Å². The molecule has 0 aliphatic heterocycles. The van der Waals surface area contributed by atoms with E-state index in [1.165, 1.54) is 33.9 Å². The van der Waals surface area contributed by atoms with Crippen molar-refractivity contribution in [1.82, 2.24) is 25.0 Å². The van der Waals surface area contributed by atoms with Crippen LogP contribution in [0.5, 0.6) is 0 Å². The van der Waals surface area contributed by atoms with E-state index in [4.69, 9.17) is 4.52 Å². The summed E-state index contributed by atoms with van der Waals surface area (Å²) in [5.74, 6) is 1.73. The lowest BCUT2D eigenvalue weighted by Crippen LogP contribution is -2.14. The summed E-state index contributed by atoms with van der Waals surface area (Å²) in [6.45, 7) is 3.77. The average molecular weight is 324 g/mol. The molecule has 0 aliphatic carbocycles. The van der Waals surface area contributed by atoms with Crippen LogP contribution >= 0.6 is 23.1 Å². The molecule has 8 nitrogen and oxygen atoms in total. The van der Waals surface area contributed by atoms with Crippen LogP contribution in [0.15, 0.2) is 10.9 Å². The number of nitrogens with one attached hydrogen (secondary N) is 1. The van der Waals surface area contributed by atoms with Crippen LogP contribution in [-0.4, -0.2) is 36.6 Å². The molecule has 0 atom stereocenters. The topological polar surface area (TPSA) is 98.2 Å². The third kappa shape index (κ3) is 3.05. The minimum Gasteiger partial charge on any atom is -0.361 e. The van der Waals surface area contributed by atoms with Gasteiger partial charge in [0.1, 0.15) is 12.1 Å². The first kappa shape index (κ1) is 14.0. The summed E-state index contributed by atoms with van der Waals surface area (Å²) in [7, 11) is 0. The van der Waals surface area contributed by atoms with E-state index in [1.807, 2.05) is 13.8 Å². The van der Waals surface area contributed by atoms with Gasteiger partial charge in [0.25, 0.3) is 0 Å². The molecule has 10 heteroatoms. The fraction of sp³-hybridized carbons (Fsp3) is 0.364. The van der Waals surface area contributed by atoms with Crippen LogP contribution in [0.4, 0.5) is 5.13 Å². The van der Waals surface area contributed by atoms with E-state index in [2.05, 4.69) is 25.8 Å². The van der Waals surface area contributed by atoms with Gasteiger partial charge in [-0.2, -0.15) is 4.52 Å². The number of aryl methyl sites for hydroxylation is 2. The summed E-state index contributed by atoms with van der Waals surface area (Å²) in [5.41, 5.74) is 1.92. The maximum absolute atomic E-state index is 11.9. The standard InChI is InChI=1S/C11H12N6O2S2/c1-6-8(7(2)19-16-6)3-20-4-9(18)13-10-15-17-5-12-14-11(17)21-10/h5H,3-4H2,1-2H3,(H,13,15,18). The Labute approximate surface area is 127 Å². The molecule has 3 aromatic heterocycles. The zero-order chi connectivity index (χ0) is 14.8. The second-order valence-electron chi connectivity index (χ2n) is 4.31. The number of rotatable bonds is 5. The summed E-state index contributed by atoms with van der Waals surface area (Å²) in [6, 6.07) is 0. The van der Waals surface area contributed by atoms with Crippen molar-refractivity contribution in [3.63, 3.8) is 0 Å². The zero-order valence-corrected chi connectivity index (χ0v) is 13.0. The normalized spacial score (nSPS) is 11.1. The zero-order valence-electron chi connectivity index (χ0n) is 11.4. The Morgan fingerprint density at radius 3 is 3.10 bits per heavy atom. The smallest absolute Gasteiger partial charge is 0.236 e. The number of thioether (sulfide) groups is 1. The van der Waals surface area contributed by atoms with Crippen LogP contribution in [0.1, 0.15) is 17.0 Å². The fourth-order valence-corrected chi connectivity index (χ4v) is 3.43. The van der Waals surface area contributed by atoms with Crippen molar-refractivity contribution in [2.24, 2.45) is 0 Å². The molecule has 0 aromatic carbocycles. The van der Waals surface area contributed by atoms with Crippen LogP contribution < -0.4 is 5.32 Å². The number of aromatic nitrogens is 5. The number of anilines is 1. The lowest BCUT2D eigenvalue weighted by atomic mass is 10.2. The van der Waals surface area contributed by atoms with Crippen LogP contribution in [-0.2, 0) is 10.5 Å². The van der Waals surface area contributed by atoms with Crippen LogP contribution in [0.25, 0.3) is 4.96 Å². The van der Waals surface area contributed by atoms with E-state index in [0.717, 1.165) is 17.0 Å². The molecule has 0 saturated carbocycles. The molecule has 1 amide bonds. The monoisotopic (exact) mass is 324 g/mol. The van der Waals surface area contributed by atoms with Gasteiger partial charge < -0.3 is 4.52 Å². The molecule has 3 aromatic rings. The van der Waals surface area contributed by atoms with Crippen molar-refractivity contribution in [2.45, 2.75) is 19.6 Å². The van der Waals surface area contributed by atoms with Gasteiger partial charge in [0.15, 0.2) is 0 Å². The Kier molecular flexibility index (Phi) is 3.88. The maximum Gasteiger partial charge on any atom is 0.236 e. The lowest BCUT2D eigenvalue weighted by molar-refractivity contribution is -0.113. The third-order valence-electron chi connectivity index (χ3n) is 2.79. The first-order valence-corrected chi connectivity index (χ1v) is 8.07. The molecule has 0 fully saturated rings. The Bertz CT molecular complexity index is 729. The fourth-order valence-electron chi connectivity index (χ4n) is 1.72. The largest absolute Gasteiger partial charge is 0.361 e. The minimum atomic E-state index is -0.100. The molecule has 3 heterocycles. The van der Waals surface area contributed by atoms with Gasteiger partial charge in [0.2, 0.25) is 16.0 Å². The highest BCUT2D eigenvalue weighted by Gasteiger charge is 2.12. The Morgan fingerprint density at radius 2 is 2.38 bits per heavy atom. The Hall–Kier alpha value is -1.94. The van der Waals surface area contributed by atoms with Gasteiger partial charge in [-0.05, 0) is 13.8 Å². The van der Waals surface area contributed by atoms with Gasteiger partial charge in [-0.1, -0.05) is 16.5 Å². The van der Waals surface area contributed by atoms with Crippen molar-refractivity contribution < 1.29 is 9.32 Å². The van der Waals surface area contributed by atoms with Crippen molar-refractivity contribution >= 4 is 39.1 Å². The van der Waals surface area contributed by atoms with E-state index in [9.17, 15) is 4.79 Å². The highest BCUT2D eigenvalue weighted by atomic mass is 32.2. The summed E-state index contributed by atoms with van der Waals surface area (Å²) in [5, 5.41) is 18.9. The van der Waals surface area contributed by atoms with E-state index in [-0.39, 0.29) is 5.91 Å². The number of nitrogens with zero attached hydrogens (tertiary/aromatic N) is 5. The molecular weight excluding hydrogens is 312 g/mol. The molecular formula is C11H12N6O2S2. The minimum absolute atomic E-state index is 0.100. The number of fused-ring (bicyclic) bond motifs is 1. The molecule has 0 radical (unpaired) electrons. The van der Waals surface area contributed by atoms with Gasteiger partial charge in [-0.15, -0.1) is 27.1 Å². The predicted molar refractivity (Wildman–Crippen MR) is 79.4 cm³/mol. The second-order valence-corrected chi connectivity index (χ2v) is 6.25. The number of amides is 1. The van der Waals surface area contributed by atoms with E-state index >= 15 is 0 Å². The van der Waals surface area contributed by atoms with Gasteiger partial charge in [-0.3, -0.25) is 10.1 Å². The van der Waals surface area contributed by atoms with Crippen molar-refractivity contribution in [2.75, 3.05) is 11.1 Å². The van der Waals surface area contributed by atoms with E-state index in [1.54, 1.807) is 0 Å². The van der Waals surface area contributed by atoms with Gasteiger partial charge >= 0.3 is 0 Å². The number of carbonyl (C=O) groups excluding carboxylic acids is 1. The lowest BCUT2D eigenvalue weighted by Gasteiger charge is -2.01. The molecule has 3 rings (SSSR count). The highest BCUT2D eigenvalue weighted by molar-refractivity contribution is 7.99. The molecule has 0 saturated heterocycles. The first-order chi connectivity index (χ1) is 10.1. The van der Waals surface area contributed by atoms with Gasteiger partial charge in [0, 0.05) is 11.3 Å². The molecule has 0 unspecified atom stereocenters. The van der Waals surface area contributed by atoms with Crippen LogP contribution in [0, 0.1) is 13.8 Å². The summed E-state index contributed by atoms with van der Waals surface area (Å²) in [4.78, 5) is 12.5. The Balaban J connectivity index is 1.51.